The molecule has 7 heteroatoms. The van der Waals surface area contributed by atoms with E-state index in [4.69, 9.17) is 0 Å². The largest absolute Gasteiger partial charge is 0.368 e. The Morgan fingerprint density at radius 3 is 2.52 bits per heavy atom. The molecule has 0 spiro atoms. The van der Waals surface area contributed by atoms with Gasteiger partial charge in [0.15, 0.2) is 5.96 Å². The van der Waals surface area contributed by atoms with Crippen LogP contribution < -0.4 is 15.5 Å². The van der Waals surface area contributed by atoms with Gasteiger partial charge in [-0.1, -0.05) is 18.2 Å². The Kier molecular flexibility index (Phi) is 8.45. The van der Waals surface area contributed by atoms with E-state index < -0.39 is 0 Å². The number of hydrogen-bond donors (Lipinski definition) is 2. The molecular weight excluding hydrogens is 334 g/mol. The maximum absolute atomic E-state index is 12.4. The number of carbonyl (C=O) groups is 1. The Morgan fingerprint density at radius 1 is 1.16 bits per heavy atom. The average Bonchev–Trinajstić information content (AvgIpc) is 2.67. The summed E-state index contributed by atoms with van der Waals surface area (Å²) in [6.07, 6.45) is 2.07. The molecule has 1 aromatic rings. The molecular formula is C18H29N5OS. The van der Waals surface area contributed by atoms with Crippen LogP contribution in [0.2, 0.25) is 0 Å². The predicted octanol–water partition coefficient (Wildman–Crippen LogP) is 1.25. The highest BCUT2D eigenvalue weighted by Crippen LogP contribution is 2.15. The Hall–Kier alpha value is -1.89. The topological polar surface area (TPSA) is 60.0 Å². The van der Waals surface area contributed by atoms with E-state index >= 15 is 0 Å². The highest BCUT2D eigenvalue weighted by Gasteiger charge is 2.20. The third-order valence-electron chi connectivity index (χ3n) is 4.07. The van der Waals surface area contributed by atoms with Gasteiger partial charge in [-0.3, -0.25) is 4.79 Å². The number of benzene rings is 1. The standard InChI is InChI=1S/C18H29N5OS/c1-3-19-18(20-9-14-25-2)21-15-17(24)23-12-10-22(11-13-23)16-7-5-4-6-8-16/h4-8H,3,9-15H2,1-2H3,(H2,19,20,21). The first-order valence-corrected chi connectivity index (χ1v) is 10.2. The zero-order chi connectivity index (χ0) is 17.9. The van der Waals surface area contributed by atoms with Gasteiger partial charge in [-0.15, -0.1) is 0 Å². The molecule has 1 saturated heterocycles. The SMILES string of the molecule is CCNC(=NCC(=O)N1CCN(c2ccccc2)CC1)NCCSC. The summed E-state index contributed by atoms with van der Waals surface area (Å²) in [5.74, 6) is 1.82. The van der Waals surface area contributed by atoms with Gasteiger partial charge in [-0.25, -0.2) is 4.99 Å². The number of amides is 1. The van der Waals surface area contributed by atoms with E-state index in [0.29, 0.717) is 5.96 Å². The second-order valence-corrected chi connectivity index (χ2v) is 6.80. The molecule has 6 nitrogen and oxygen atoms in total. The number of rotatable bonds is 7. The van der Waals surface area contributed by atoms with Crippen LogP contribution in [0.3, 0.4) is 0 Å². The number of nitrogens with zero attached hydrogens (tertiary/aromatic N) is 3. The summed E-state index contributed by atoms with van der Waals surface area (Å²) in [6, 6.07) is 10.4. The monoisotopic (exact) mass is 363 g/mol. The molecule has 2 N–H and O–H groups in total. The molecule has 0 aromatic heterocycles. The van der Waals surface area contributed by atoms with Crippen LogP contribution >= 0.6 is 11.8 Å². The minimum atomic E-state index is 0.0924. The number of carbonyl (C=O) groups excluding carboxylic acids is 1. The lowest BCUT2D eigenvalue weighted by atomic mass is 10.2. The summed E-state index contributed by atoms with van der Waals surface area (Å²) < 4.78 is 0. The fourth-order valence-corrected chi connectivity index (χ4v) is 3.02. The van der Waals surface area contributed by atoms with Crippen molar-refractivity contribution in [3.63, 3.8) is 0 Å². The van der Waals surface area contributed by atoms with Crippen molar-refractivity contribution >= 4 is 29.3 Å². The van der Waals surface area contributed by atoms with Crippen LogP contribution in [0.4, 0.5) is 5.69 Å². The van der Waals surface area contributed by atoms with E-state index in [0.717, 1.165) is 45.0 Å². The number of hydrogen-bond acceptors (Lipinski definition) is 4. The first-order chi connectivity index (χ1) is 12.2. The van der Waals surface area contributed by atoms with Crippen LogP contribution in [0.25, 0.3) is 0 Å². The van der Waals surface area contributed by atoms with Gasteiger partial charge in [0, 0.05) is 50.7 Å². The van der Waals surface area contributed by atoms with Gasteiger partial charge in [-0.2, -0.15) is 11.8 Å². The van der Waals surface area contributed by atoms with Gasteiger partial charge in [0.25, 0.3) is 0 Å². The highest BCUT2D eigenvalue weighted by atomic mass is 32.2. The second-order valence-electron chi connectivity index (χ2n) is 5.82. The van der Waals surface area contributed by atoms with Crippen molar-refractivity contribution in [1.29, 1.82) is 0 Å². The maximum atomic E-state index is 12.4. The molecule has 138 valence electrons. The number of anilines is 1. The highest BCUT2D eigenvalue weighted by molar-refractivity contribution is 7.98. The Morgan fingerprint density at radius 2 is 1.88 bits per heavy atom. The number of piperazine rings is 1. The summed E-state index contributed by atoms with van der Waals surface area (Å²) in [5, 5.41) is 6.43. The molecule has 0 aliphatic carbocycles. The molecule has 25 heavy (non-hydrogen) atoms. The smallest absolute Gasteiger partial charge is 0.244 e. The Bertz CT molecular complexity index is 544. The van der Waals surface area contributed by atoms with Crippen molar-refractivity contribution in [1.82, 2.24) is 15.5 Å². The lowest BCUT2D eigenvalue weighted by Crippen LogP contribution is -2.49. The Balaban J connectivity index is 1.79. The quantitative estimate of drug-likeness (QED) is 0.434. The number of aliphatic imine (C=N–C) groups is 1. The van der Waals surface area contributed by atoms with Crippen molar-refractivity contribution in [2.45, 2.75) is 6.92 Å². The molecule has 2 rings (SSSR count). The third-order valence-corrected chi connectivity index (χ3v) is 4.68. The number of thioether (sulfide) groups is 1. The molecule has 1 amide bonds. The van der Waals surface area contributed by atoms with E-state index in [2.05, 4.69) is 38.9 Å². The van der Waals surface area contributed by atoms with E-state index in [1.807, 2.05) is 30.0 Å². The fraction of sp³-hybridized carbons (Fsp3) is 0.556. The van der Waals surface area contributed by atoms with Crippen molar-refractivity contribution in [3.05, 3.63) is 30.3 Å². The van der Waals surface area contributed by atoms with Crippen LogP contribution in [-0.4, -0.2) is 74.6 Å². The van der Waals surface area contributed by atoms with Gasteiger partial charge in [-0.05, 0) is 25.3 Å². The second kappa shape index (κ2) is 10.9. The number of para-hydroxylation sites is 1. The molecule has 1 heterocycles. The molecule has 1 aliphatic heterocycles. The van der Waals surface area contributed by atoms with Crippen LogP contribution in [0.15, 0.2) is 35.3 Å². The normalized spacial score (nSPS) is 15.2. The number of guanidine groups is 1. The first kappa shape index (κ1) is 19.4. The zero-order valence-corrected chi connectivity index (χ0v) is 16.0. The minimum absolute atomic E-state index is 0.0924. The van der Waals surface area contributed by atoms with E-state index in [-0.39, 0.29) is 12.5 Å². The van der Waals surface area contributed by atoms with Gasteiger partial charge in [0.2, 0.25) is 5.91 Å². The molecule has 0 unspecified atom stereocenters. The summed E-state index contributed by atoms with van der Waals surface area (Å²) >= 11 is 1.78. The van der Waals surface area contributed by atoms with Gasteiger partial charge >= 0.3 is 0 Å². The number of nitrogens with one attached hydrogen (secondary N) is 2. The molecule has 0 saturated carbocycles. The first-order valence-electron chi connectivity index (χ1n) is 8.83. The Labute approximate surface area is 155 Å². The summed E-state index contributed by atoms with van der Waals surface area (Å²) in [5.41, 5.74) is 1.22. The minimum Gasteiger partial charge on any atom is -0.368 e. The molecule has 1 aromatic carbocycles. The van der Waals surface area contributed by atoms with Gasteiger partial charge in [0.05, 0.1) is 0 Å². The third kappa shape index (κ3) is 6.49. The van der Waals surface area contributed by atoms with Crippen LogP contribution in [0.1, 0.15) is 6.92 Å². The van der Waals surface area contributed by atoms with E-state index in [9.17, 15) is 4.79 Å². The van der Waals surface area contributed by atoms with Crippen molar-refractivity contribution in [3.8, 4) is 0 Å². The van der Waals surface area contributed by atoms with Crippen LogP contribution in [0.5, 0.6) is 0 Å². The van der Waals surface area contributed by atoms with Crippen LogP contribution in [-0.2, 0) is 4.79 Å². The molecule has 0 bridgehead atoms. The summed E-state index contributed by atoms with van der Waals surface area (Å²) in [6.45, 7) is 7.08. The van der Waals surface area contributed by atoms with Crippen molar-refractivity contribution in [2.24, 2.45) is 4.99 Å². The zero-order valence-electron chi connectivity index (χ0n) is 15.2. The summed E-state index contributed by atoms with van der Waals surface area (Å²) in [7, 11) is 0. The lowest BCUT2D eigenvalue weighted by molar-refractivity contribution is -0.129. The van der Waals surface area contributed by atoms with Crippen LogP contribution in [0, 0.1) is 0 Å². The molecule has 1 aliphatic rings. The van der Waals surface area contributed by atoms with Gasteiger partial charge < -0.3 is 20.4 Å². The fourth-order valence-electron chi connectivity index (χ4n) is 2.71. The predicted molar refractivity (Wildman–Crippen MR) is 108 cm³/mol. The van der Waals surface area contributed by atoms with E-state index in [1.54, 1.807) is 11.8 Å². The molecule has 0 radical (unpaired) electrons. The lowest BCUT2D eigenvalue weighted by Gasteiger charge is -2.36. The maximum Gasteiger partial charge on any atom is 0.244 e. The van der Waals surface area contributed by atoms with Gasteiger partial charge in [0.1, 0.15) is 6.54 Å². The molecule has 0 atom stereocenters. The summed E-state index contributed by atoms with van der Waals surface area (Å²) in [4.78, 5) is 21.1. The van der Waals surface area contributed by atoms with E-state index in [1.165, 1.54) is 5.69 Å². The average molecular weight is 364 g/mol. The van der Waals surface area contributed by atoms with Crippen molar-refractivity contribution in [2.75, 3.05) is 62.7 Å². The molecule has 1 fully saturated rings. The van der Waals surface area contributed by atoms with Crippen molar-refractivity contribution < 1.29 is 4.79 Å².